The van der Waals surface area contributed by atoms with Crippen molar-refractivity contribution in [2.75, 3.05) is 0 Å². The van der Waals surface area contributed by atoms with Crippen molar-refractivity contribution >= 4 is 15.9 Å². The summed E-state index contributed by atoms with van der Waals surface area (Å²) in [5.41, 5.74) is 2.80. The fraction of sp³-hybridized carbons (Fsp3) is 0.250. The Morgan fingerprint density at radius 1 is 1.31 bits per heavy atom. The smallest absolute Gasteiger partial charge is 0.124 e. The zero-order chi connectivity index (χ0) is 11.7. The summed E-state index contributed by atoms with van der Waals surface area (Å²) in [5, 5.41) is 7.20. The van der Waals surface area contributed by atoms with E-state index in [0.29, 0.717) is 10.4 Å². The molecule has 0 fully saturated rings. The molecule has 0 saturated carbocycles. The minimum absolute atomic E-state index is 0.254. The maximum atomic E-state index is 12.9. The molecule has 4 heteroatoms. The fourth-order valence-electron chi connectivity index (χ4n) is 1.47. The second-order valence-corrected chi connectivity index (χ2v) is 4.84. The summed E-state index contributed by atoms with van der Waals surface area (Å²) in [4.78, 5) is 0. The molecule has 2 nitrogen and oxygen atoms in total. The second kappa shape index (κ2) is 4.37. The van der Waals surface area contributed by atoms with Gasteiger partial charge in [0.1, 0.15) is 5.82 Å². The van der Waals surface area contributed by atoms with Gasteiger partial charge in [0.2, 0.25) is 0 Å². The molecule has 0 amide bonds. The molecule has 0 spiro atoms. The fourth-order valence-corrected chi connectivity index (χ4v) is 2.02. The molecule has 1 heterocycles. The van der Waals surface area contributed by atoms with Crippen LogP contribution in [0.15, 0.2) is 28.7 Å². The van der Waals surface area contributed by atoms with Gasteiger partial charge < -0.3 is 0 Å². The first-order chi connectivity index (χ1) is 7.58. The molecule has 0 aliphatic heterocycles. The Morgan fingerprint density at radius 3 is 2.62 bits per heavy atom. The maximum Gasteiger partial charge on any atom is 0.124 e. The van der Waals surface area contributed by atoms with Crippen LogP contribution in [0.5, 0.6) is 0 Å². The molecule has 1 aromatic heterocycles. The van der Waals surface area contributed by atoms with Gasteiger partial charge in [0.05, 0.1) is 5.69 Å². The third-order valence-electron chi connectivity index (χ3n) is 2.43. The molecule has 0 aliphatic carbocycles. The van der Waals surface area contributed by atoms with Gasteiger partial charge >= 0.3 is 0 Å². The first-order valence-corrected chi connectivity index (χ1v) is 5.88. The van der Waals surface area contributed by atoms with E-state index in [4.69, 9.17) is 0 Å². The normalized spacial score (nSPS) is 11.1. The van der Waals surface area contributed by atoms with Crippen molar-refractivity contribution in [3.63, 3.8) is 0 Å². The Balaban J connectivity index is 2.42. The van der Waals surface area contributed by atoms with Crippen molar-refractivity contribution < 1.29 is 4.39 Å². The number of benzene rings is 1. The molecule has 0 bridgehead atoms. The van der Waals surface area contributed by atoms with Crippen molar-refractivity contribution in [3.05, 3.63) is 40.2 Å². The van der Waals surface area contributed by atoms with Crippen molar-refractivity contribution in [1.82, 2.24) is 10.2 Å². The van der Waals surface area contributed by atoms with Gasteiger partial charge in [-0.2, -0.15) is 5.10 Å². The highest BCUT2D eigenvalue weighted by Gasteiger charge is 2.09. The van der Waals surface area contributed by atoms with Gasteiger partial charge in [0.15, 0.2) is 0 Å². The Bertz CT molecular complexity index is 505. The zero-order valence-electron chi connectivity index (χ0n) is 9.09. The lowest BCUT2D eigenvalue weighted by Gasteiger charge is -2.00. The van der Waals surface area contributed by atoms with Crippen LogP contribution >= 0.6 is 15.9 Å². The van der Waals surface area contributed by atoms with Crippen LogP contribution in [0.2, 0.25) is 0 Å². The number of hydrogen-bond donors (Lipinski definition) is 1. The minimum Gasteiger partial charge on any atom is -0.282 e. The standard InChI is InChI=1S/C12H12BrFN2/c1-7(2)11-6-12(16-15-11)9-4-3-8(14)5-10(9)13/h3-7H,1-2H3,(H,15,16). The van der Waals surface area contributed by atoms with E-state index in [0.717, 1.165) is 17.0 Å². The molecule has 16 heavy (non-hydrogen) atoms. The summed E-state index contributed by atoms with van der Waals surface area (Å²) in [5.74, 6) is 0.149. The van der Waals surface area contributed by atoms with Crippen molar-refractivity contribution in [2.24, 2.45) is 0 Å². The van der Waals surface area contributed by atoms with Crippen LogP contribution < -0.4 is 0 Å². The molecule has 2 aromatic rings. The number of nitrogens with zero attached hydrogens (tertiary/aromatic N) is 1. The van der Waals surface area contributed by atoms with Gasteiger partial charge in [-0.3, -0.25) is 5.10 Å². The third-order valence-corrected chi connectivity index (χ3v) is 3.08. The lowest BCUT2D eigenvalue weighted by molar-refractivity contribution is 0.627. The highest BCUT2D eigenvalue weighted by atomic mass is 79.9. The van der Waals surface area contributed by atoms with Crippen LogP contribution in [-0.4, -0.2) is 10.2 Å². The lowest BCUT2D eigenvalue weighted by atomic mass is 10.1. The molecule has 84 valence electrons. The number of halogens is 2. The van der Waals surface area contributed by atoms with Gasteiger partial charge in [0.25, 0.3) is 0 Å². The van der Waals surface area contributed by atoms with E-state index in [1.165, 1.54) is 12.1 Å². The van der Waals surface area contributed by atoms with Crippen molar-refractivity contribution in [2.45, 2.75) is 19.8 Å². The van der Waals surface area contributed by atoms with Gasteiger partial charge in [-0.15, -0.1) is 0 Å². The highest BCUT2D eigenvalue weighted by Crippen LogP contribution is 2.28. The van der Waals surface area contributed by atoms with Crippen LogP contribution in [0, 0.1) is 5.82 Å². The average Bonchev–Trinajstić information content (AvgIpc) is 2.66. The van der Waals surface area contributed by atoms with E-state index in [-0.39, 0.29) is 5.82 Å². The van der Waals surface area contributed by atoms with E-state index in [1.807, 2.05) is 6.07 Å². The summed E-state index contributed by atoms with van der Waals surface area (Å²) in [6.45, 7) is 4.19. The van der Waals surface area contributed by atoms with Crippen LogP contribution in [-0.2, 0) is 0 Å². The van der Waals surface area contributed by atoms with Gasteiger partial charge in [-0.1, -0.05) is 13.8 Å². The van der Waals surface area contributed by atoms with E-state index in [9.17, 15) is 4.39 Å². The Labute approximate surface area is 102 Å². The molecule has 1 N–H and O–H groups in total. The Kier molecular flexibility index (Phi) is 3.10. The largest absolute Gasteiger partial charge is 0.282 e. The first kappa shape index (κ1) is 11.3. The average molecular weight is 283 g/mol. The molecule has 0 unspecified atom stereocenters. The molecular formula is C12H12BrFN2. The van der Waals surface area contributed by atoms with E-state index in [1.54, 1.807) is 6.07 Å². The van der Waals surface area contributed by atoms with Gasteiger partial charge in [-0.25, -0.2) is 4.39 Å². The second-order valence-electron chi connectivity index (χ2n) is 3.99. The first-order valence-electron chi connectivity index (χ1n) is 5.08. The lowest BCUT2D eigenvalue weighted by Crippen LogP contribution is -1.85. The molecule has 0 aliphatic rings. The predicted octanol–water partition coefficient (Wildman–Crippen LogP) is 4.10. The molecular weight excluding hydrogens is 271 g/mol. The molecule has 0 saturated heterocycles. The van der Waals surface area contributed by atoms with Gasteiger partial charge in [-0.05, 0) is 46.1 Å². The molecule has 0 radical (unpaired) electrons. The van der Waals surface area contributed by atoms with Crippen LogP contribution in [0.4, 0.5) is 4.39 Å². The number of hydrogen-bond acceptors (Lipinski definition) is 1. The summed E-state index contributed by atoms with van der Waals surface area (Å²) >= 11 is 3.34. The van der Waals surface area contributed by atoms with Crippen LogP contribution in [0.1, 0.15) is 25.5 Å². The highest BCUT2D eigenvalue weighted by molar-refractivity contribution is 9.10. The summed E-state index contributed by atoms with van der Waals surface area (Å²) < 4.78 is 13.7. The maximum absolute atomic E-state index is 12.9. The summed E-state index contributed by atoms with van der Waals surface area (Å²) in [6.07, 6.45) is 0. The number of nitrogens with one attached hydrogen (secondary N) is 1. The molecule has 2 rings (SSSR count). The predicted molar refractivity (Wildman–Crippen MR) is 65.8 cm³/mol. The van der Waals surface area contributed by atoms with Crippen molar-refractivity contribution in [1.29, 1.82) is 0 Å². The summed E-state index contributed by atoms with van der Waals surface area (Å²) in [6, 6.07) is 6.59. The third kappa shape index (κ3) is 2.16. The molecule has 1 aromatic carbocycles. The topological polar surface area (TPSA) is 28.7 Å². The minimum atomic E-state index is -0.254. The number of rotatable bonds is 2. The van der Waals surface area contributed by atoms with E-state index in [2.05, 4.69) is 40.0 Å². The zero-order valence-corrected chi connectivity index (χ0v) is 10.7. The van der Waals surface area contributed by atoms with Crippen molar-refractivity contribution in [3.8, 4) is 11.3 Å². The Morgan fingerprint density at radius 2 is 2.06 bits per heavy atom. The van der Waals surface area contributed by atoms with E-state index >= 15 is 0 Å². The van der Waals surface area contributed by atoms with Gasteiger partial charge in [0, 0.05) is 15.7 Å². The van der Waals surface area contributed by atoms with Crippen LogP contribution in [0.25, 0.3) is 11.3 Å². The van der Waals surface area contributed by atoms with E-state index < -0.39 is 0 Å². The SMILES string of the molecule is CC(C)c1cc(-c2ccc(F)cc2Br)n[nH]1. The van der Waals surface area contributed by atoms with Crippen LogP contribution in [0.3, 0.4) is 0 Å². The number of aromatic amines is 1. The number of aromatic nitrogens is 2. The monoisotopic (exact) mass is 282 g/mol. The number of H-pyrrole nitrogens is 1. The molecule has 0 atom stereocenters. The Hall–Kier alpha value is -1.16. The summed E-state index contributed by atoms with van der Waals surface area (Å²) in [7, 11) is 0. The quantitative estimate of drug-likeness (QED) is 0.883.